The van der Waals surface area contributed by atoms with Crippen LogP contribution in [0.2, 0.25) is 5.02 Å². The first kappa shape index (κ1) is 19.2. The maximum atomic E-state index is 6.48. The Balaban J connectivity index is 1.85. The highest BCUT2D eigenvalue weighted by molar-refractivity contribution is 6.33. The number of methoxy groups -OCH3 is 1. The van der Waals surface area contributed by atoms with Crippen molar-refractivity contribution in [3.63, 3.8) is 0 Å². The molecule has 3 N–H and O–H groups in total. The summed E-state index contributed by atoms with van der Waals surface area (Å²) in [7, 11) is 1.65. The first-order chi connectivity index (χ1) is 14.2. The minimum atomic E-state index is 0.453. The van der Waals surface area contributed by atoms with Crippen LogP contribution in [0.1, 0.15) is 5.56 Å². The van der Waals surface area contributed by atoms with Crippen molar-refractivity contribution in [2.24, 2.45) is 0 Å². The second-order valence-corrected chi connectivity index (χ2v) is 6.93. The fourth-order valence-electron chi connectivity index (χ4n) is 3.12. The summed E-state index contributed by atoms with van der Waals surface area (Å²) in [5.41, 5.74) is 9.53. The van der Waals surface area contributed by atoms with Crippen LogP contribution in [0.4, 0.5) is 11.8 Å². The van der Waals surface area contributed by atoms with Crippen LogP contribution in [-0.4, -0.2) is 40.0 Å². The molecule has 0 aliphatic heterocycles. The van der Waals surface area contributed by atoms with Crippen LogP contribution >= 0.6 is 11.6 Å². The average Bonchev–Trinajstić information content (AvgIpc) is 3.04. The fourth-order valence-corrected chi connectivity index (χ4v) is 3.35. The molecule has 2 heterocycles. The third kappa shape index (κ3) is 4.01. The Hall–Kier alpha value is -3.16. The van der Waals surface area contributed by atoms with Crippen LogP contribution in [0.25, 0.3) is 22.3 Å². The Bertz CT molecular complexity index is 1130. The van der Waals surface area contributed by atoms with Gasteiger partial charge in [0.15, 0.2) is 5.65 Å². The summed E-state index contributed by atoms with van der Waals surface area (Å²) in [6.07, 6.45) is 0. The van der Waals surface area contributed by atoms with E-state index in [9.17, 15) is 0 Å². The minimum Gasteiger partial charge on any atom is -0.383 e. The topological polar surface area (TPSA) is 90.9 Å². The molecule has 0 unspecified atom stereocenters. The Morgan fingerprint density at radius 1 is 1.07 bits per heavy atom. The number of benzene rings is 2. The summed E-state index contributed by atoms with van der Waals surface area (Å²) in [5, 5.41) is 9.08. The predicted molar refractivity (Wildman–Crippen MR) is 116 cm³/mol. The molecular weight excluding hydrogens is 388 g/mol. The van der Waals surface area contributed by atoms with E-state index >= 15 is 0 Å². The zero-order valence-electron chi connectivity index (χ0n) is 16.0. The third-order valence-corrected chi connectivity index (χ3v) is 4.86. The first-order valence-corrected chi connectivity index (χ1v) is 9.61. The number of hydrogen-bond acceptors (Lipinski definition) is 6. The van der Waals surface area contributed by atoms with Gasteiger partial charge in [-0.1, -0.05) is 60.1 Å². The Labute approximate surface area is 173 Å². The number of hydrogen-bond donors (Lipinski definition) is 2. The number of nitrogens with one attached hydrogen (secondary N) is 1. The monoisotopic (exact) mass is 408 g/mol. The largest absolute Gasteiger partial charge is 0.383 e. The molecule has 148 valence electrons. The van der Waals surface area contributed by atoms with E-state index in [4.69, 9.17) is 22.1 Å². The number of nitrogens with two attached hydrogens (primary N) is 1. The molecule has 0 amide bonds. The van der Waals surface area contributed by atoms with Crippen LogP contribution in [0.5, 0.6) is 0 Å². The summed E-state index contributed by atoms with van der Waals surface area (Å²) in [6, 6.07) is 17.6. The highest BCUT2D eigenvalue weighted by atomic mass is 35.5. The Morgan fingerprint density at radius 2 is 1.83 bits per heavy atom. The molecule has 0 bridgehead atoms. The molecule has 0 aliphatic carbocycles. The maximum absolute atomic E-state index is 6.48. The molecule has 2 aromatic carbocycles. The van der Waals surface area contributed by atoms with E-state index in [1.54, 1.807) is 11.8 Å². The van der Waals surface area contributed by atoms with Crippen molar-refractivity contribution in [3.05, 3.63) is 65.2 Å². The number of nitrogens with zero attached hydrogens (tertiary/aromatic N) is 4. The molecule has 0 spiro atoms. The zero-order chi connectivity index (χ0) is 20.2. The highest BCUT2D eigenvalue weighted by Gasteiger charge is 2.19. The predicted octanol–water partition coefficient (Wildman–Crippen LogP) is 3.84. The number of anilines is 2. The van der Waals surface area contributed by atoms with Crippen LogP contribution in [-0.2, 0) is 11.3 Å². The van der Waals surface area contributed by atoms with E-state index in [-0.39, 0.29) is 0 Å². The highest BCUT2D eigenvalue weighted by Crippen LogP contribution is 2.35. The van der Waals surface area contributed by atoms with Crippen LogP contribution in [0.15, 0.2) is 54.6 Å². The number of aromatic nitrogens is 4. The first-order valence-electron chi connectivity index (χ1n) is 9.23. The molecule has 0 fully saturated rings. The van der Waals surface area contributed by atoms with Gasteiger partial charge in [0, 0.05) is 24.2 Å². The van der Waals surface area contributed by atoms with E-state index < -0.39 is 0 Å². The fraction of sp³-hybridized carbons (Fsp3) is 0.190. The Kier molecular flexibility index (Phi) is 5.59. The van der Waals surface area contributed by atoms with Gasteiger partial charge in [0.05, 0.1) is 24.2 Å². The molecule has 8 heteroatoms. The van der Waals surface area contributed by atoms with E-state index in [1.165, 1.54) is 0 Å². The van der Waals surface area contributed by atoms with Gasteiger partial charge in [0.1, 0.15) is 5.82 Å². The smallest absolute Gasteiger partial charge is 0.225 e. The lowest BCUT2D eigenvalue weighted by molar-refractivity contribution is 0.210. The van der Waals surface area contributed by atoms with Crippen LogP contribution in [0.3, 0.4) is 0 Å². The van der Waals surface area contributed by atoms with Gasteiger partial charge in [0.2, 0.25) is 5.95 Å². The molecule has 0 saturated heterocycles. The molecule has 0 aliphatic rings. The van der Waals surface area contributed by atoms with Crippen molar-refractivity contribution in [1.82, 2.24) is 19.7 Å². The number of nitrogen functional groups attached to an aromatic ring is 1. The van der Waals surface area contributed by atoms with E-state index in [0.29, 0.717) is 53.2 Å². The van der Waals surface area contributed by atoms with Crippen molar-refractivity contribution in [1.29, 1.82) is 0 Å². The number of halogens is 1. The zero-order valence-corrected chi connectivity index (χ0v) is 16.7. The SMILES string of the molecule is COCCNc1nc(-c2ccccc2Cl)c2c(N)n(Cc3ccccc3)nc2n1. The van der Waals surface area contributed by atoms with Gasteiger partial charge in [-0.15, -0.1) is 5.10 Å². The van der Waals surface area contributed by atoms with Crippen molar-refractivity contribution in [2.75, 3.05) is 31.3 Å². The standard InChI is InChI=1S/C21H21ClN6O/c1-29-12-11-24-21-25-18(15-9-5-6-10-16(15)22)17-19(23)28(27-20(17)26-21)13-14-7-3-2-4-8-14/h2-10H,11-13,23H2,1H3,(H,24,26,27). The van der Waals surface area contributed by atoms with Gasteiger partial charge < -0.3 is 15.8 Å². The van der Waals surface area contributed by atoms with Gasteiger partial charge in [-0.25, -0.2) is 9.67 Å². The van der Waals surface area contributed by atoms with Gasteiger partial charge in [-0.2, -0.15) is 4.98 Å². The number of fused-ring (bicyclic) bond motifs is 1. The molecule has 0 saturated carbocycles. The lowest BCUT2D eigenvalue weighted by Gasteiger charge is -2.09. The summed E-state index contributed by atoms with van der Waals surface area (Å²) in [5.74, 6) is 0.955. The molecule has 4 aromatic rings. The van der Waals surface area contributed by atoms with Crippen molar-refractivity contribution in [2.45, 2.75) is 6.54 Å². The quantitative estimate of drug-likeness (QED) is 0.451. The molecule has 0 radical (unpaired) electrons. The minimum absolute atomic E-state index is 0.453. The van der Waals surface area contributed by atoms with Gasteiger partial charge in [-0.05, 0) is 11.6 Å². The molecule has 2 aromatic heterocycles. The van der Waals surface area contributed by atoms with E-state index in [1.807, 2.05) is 54.6 Å². The molecule has 4 rings (SSSR count). The normalized spacial score (nSPS) is 11.1. The van der Waals surface area contributed by atoms with E-state index in [0.717, 1.165) is 11.1 Å². The molecular formula is C21H21ClN6O. The lowest BCUT2D eigenvalue weighted by Crippen LogP contribution is -2.10. The van der Waals surface area contributed by atoms with Crippen molar-refractivity contribution in [3.8, 4) is 11.3 Å². The number of rotatable bonds is 7. The van der Waals surface area contributed by atoms with Crippen molar-refractivity contribution >= 4 is 34.4 Å². The molecule has 0 atom stereocenters. The maximum Gasteiger partial charge on any atom is 0.225 e. The average molecular weight is 409 g/mol. The molecule has 7 nitrogen and oxygen atoms in total. The lowest BCUT2D eigenvalue weighted by atomic mass is 10.1. The van der Waals surface area contributed by atoms with Crippen LogP contribution < -0.4 is 11.1 Å². The Morgan fingerprint density at radius 3 is 2.59 bits per heavy atom. The van der Waals surface area contributed by atoms with E-state index in [2.05, 4.69) is 20.4 Å². The summed E-state index contributed by atoms with van der Waals surface area (Å²) in [6.45, 7) is 1.65. The second-order valence-electron chi connectivity index (χ2n) is 6.52. The molecule has 29 heavy (non-hydrogen) atoms. The van der Waals surface area contributed by atoms with Crippen molar-refractivity contribution < 1.29 is 4.74 Å². The van der Waals surface area contributed by atoms with Crippen LogP contribution in [0, 0.1) is 0 Å². The van der Waals surface area contributed by atoms with Gasteiger partial charge >= 0.3 is 0 Å². The van der Waals surface area contributed by atoms with Gasteiger partial charge in [0.25, 0.3) is 0 Å². The number of ether oxygens (including phenoxy) is 1. The van der Waals surface area contributed by atoms with Gasteiger partial charge in [-0.3, -0.25) is 0 Å². The summed E-state index contributed by atoms with van der Waals surface area (Å²) >= 11 is 6.46. The summed E-state index contributed by atoms with van der Waals surface area (Å²) in [4.78, 5) is 9.24. The second kappa shape index (κ2) is 8.46. The summed E-state index contributed by atoms with van der Waals surface area (Å²) < 4.78 is 6.84. The third-order valence-electron chi connectivity index (χ3n) is 4.53.